The van der Waals surface area contributed by atoms with Crippen LogP contribution in [0, 0.1) is 0 Å². The first-order chi connectivity index (χ1) is 7.61. The van der Waals surface area contributed by atoms with Gasteiger partial charge in [-0.25, -0.2) is 0 Å². The summed E-state index contributed by atoms with van der Waals surface area (Å²) in [4.78, 5) is 22.3. The van der Waals surface area contributed by atoms with Crippen LogP contribution in [-0.2, 0) is 9.59 Å². The van der Waals surface area contributed by atoms with E-state index in [-0.39, 0.29) is 11.8 Å². The molecule has 0 aromatic rings. The van der Waals surface area contributed by atoms with Crippen molar-refractivity contribution in [1.82, 2.24) is 10.6 Å². The maximum absolute atomic E-state index is 11.5. The minimum absolute atomic E-state index is 0.190. The number of carbonyl (C=O) groups excluding carboxylic acids is 2. The molecule has 0 aliphatic carbocycles. The molecular formula is C10H18N2O2S2. The minimum Gasteiger partial charge on any atom is -0.353 e. The molecule has 1 atom stereocenters. The van der Waals surface area contributed by atoms with Crippen molar-refractivity contribution in [2.45, 2.75) is 13.0 Å². The van der Waals surface area contributed by atoms with Crippen molar-refractivity contribution in [2.75, 3.05) is 23.8 Å². The fourth-order valence-electron chi connectivity index (χ4n) is 0.976. The van der Waals surface area contributed by atoms with Gasteiger partial charge in [0.2, 0.25) is 11.8 Å². The van der Waals surface area contributed by atoms with Gasteiger partial charge in [-0.1, -0.05) is 6.08 Å². The number of hydrogen-bond acceptors (Lipinski definition) is 4. The van der Waals surface area contributed by atoms with Gasteiger partial charge < -0.3 is 10.6 Å². The van der Waals surface area contributed by atoms with Crippen LogP contribution in [0.2, 0.25) is 0 Å². The van der Waals surface area contributed by atoms with Crippen molar-refractivity contribution < 1.29 is 9.59 Å². The molecule has 0 radical (unpaired) electrons. The van der Waals surface area contributed by atoms with Crippen LogP contribution in [0.4, 0.5) is 0 Å². The van der Waals surface area contributed by atoms with Crippen molar-refractivity contribution in [2.24, 2.45) is 0 Å². The van der Waals surface area contributed by atoms with Gasteiger partial charge in [-0.15, -0.1) is 6.58 Å². The predicted molar refractivity (Wildman–Crippen MR) is 72.0 cm³/mol. The van der Waals surface area contributed by atoms with Crippen LogP contribution < -0.4 is 10.6 Å². The summed E-state index contributed by atoms with van der Waals surface area (Å²) in [5.74, 6) is 1.58. The molecule has 0 rings (SSSR count). The number of nitrogens with one attached hydrogen (secondary N) is 2. The van der Waals surface area contributed by atoms with E-state index in [0.29, 0.717) is 12.3 Å². The quantitative estimate of drug-likeness (QED) is 0.338. The Bertz CT molecular complexity index is 247. The lowest BCUT2D eigenvalue weighted by Gasteiger charge is -2.14. The lowest BCUT2D eigenvalue weighted by molar-refractivity contribution is -0.127. The smallest absolute Gasteiger partial charge is 0.243 e. The molecule has 0 aromatic carbocycles. The van der Waals surface area contributed by atoms with Gasteiger partial charge in [0.05, 0.1) is 0 Å². The molecule has 1 unspecified atom stereocenters. The van der Waals surface area contributed by atoms with Crippen molar-refractivity contribution in [3.05, 3.63) is 12.7 Å². The van der Waals surface area contributed by atoms with Gasteiger partial charge in [0.1, 0.15) is 6.04 Å². The average molecular weight is 262 g/mol. The molecule has 0 saturated carbocycles. The molecule has 0 spiro atoms. The molecule has 2 N–H and O–H groups in total. The first kappa shape index (κ1) is 15.4. The first-order valence-electron chi connectivity index (χ1n) is 4.96. The highest BCUT2D eigenvalue weighted by atomic mass is 32.2. The number of carbonyl (C=O) groups is 2. The molecule has 2 amide bonds. The van der Waals surface area contributed by atoms with Crippen LogP contribution in [0.15, 0.2) is 12.7 Å². The van der Waals surface area contributed by atoms with E-state index < -0.39 is 6.04 Å². The van der Waals surface area contributed by atoms with Gasteiger partial charge in [0.15, 0.2) is 0 Å². The summed E-state index contributed by atoms with van der Waals surface area (Å²) in [5, 5.41) is 5.27. The van der Waals surface area contributed by atoms with Crippen LogP contribution in [-0.4, -0.2) is 41.7 Å². The third-order valence-electron chi connectivity index (χ3n) is 1.66. The number of hydrogen-bond donors (Lipinski definition) is 3. The summed E-state index contributed by atoms with van der Waals surface area (Å²) >= 11 is 5.70. The van der Waals surface area contributed by atoms with E-state index >= 15 is 0 Å². The Morgan fingerprint density at radius 3 is 2.75 bits per heavy atom. The van der Waals surface area contributed by atoms with Gasteiger partial charge in [-0.05, 0) is 0 Å². The summed E-state index contributed by atoms with van der Waals surface area (Å²) in [6.45, 7) is 5.56. The zero-order valence-corrected chi connectivity index (χ0v) is 11.1. The molecule has 6 heteroatoms. The summed E-state index contributed by atoms with van der Waals surface area (Å²) in [6, 6.07) is -0.551. The Morgan fingerprint density at radius 2 is 2.25 bits per heavy atom. The zero-order chi connectivity index (χ0) is 12.4. The van der Waals surface area contributed by atoms with Crippen LogP contribution in [0.25, 0.3) is 0 Å². The summed E-state index contributed by atoms with van der Waals surface area (Å²) in [5.41, 5.74) is 0. The topological polar surface area (TPSA) is 58.2 Å². The second-order valence-electron chi connectivity index (χ2n) is 3.09. The van der Waals surface area contributed by atoms with Crippen LogP contribution >= 0.6 is 24.4 Å². The number of amides is 2. The van der Waals surface area contributed by atoms with Crippen molar-refractivity contribution in [3.63, 3.8) is 0 Å². The van der Waals surface area contributed by atoms with Crippen LogP contribution in [0.1, 0.15) is 6.92 Å². The van der Waals surface area contributed by atoms with E-state index in [1.165, 1.54) is 6.92 Å². The molecule has 0 aliphatic heterocycles. The van der Waals surface area contributed by atoms with Gasteiger partial charge >= 0.3 is 0 Å². The van der Waals surface area contributed by atoms with Crippen molar-refractivity contribution in [3.8, 4) is 0 Å². The van der Waals surface area contributed by atoms with E-state index in [1.54, 1.807) is 11.8 Å². The monoisotopic (exact) mass is 262 g/mol. The standard InChI is InChI=1S/C10H18N2O2S2/c1-3-5-16-6-4-11-10(14)9(7-15)12-8(2)13/h3,9,15H,1,4-7H2,2H3,(H,11,14)(H,12,13). The zero-order valence-electron chi connectivity index (χ0n) is 9.36. The van der Waals surface area contributed by atoms with Crippen LogP contribution in [0.5, 0.6) is 0 Å². The fraction of sp³-hybridized carbons (Fsp3) is 0.600. The second kappa shape index (κ2) is 9.59. The second-order valence-corrected chi connectivity index (χ2v) is 4.61. The van der Waals surface area contributed by atoms with Gasteiger partial charge in [-0.3, -0.25) is 9.59 Å². The minimum atomic E-state index is -0.551. The van der Waals surface area contributed by atoms with E-state index in [0.717, 1.165) is 11.5 Å². The number of thiol groups is 1. The van der Waals surface area contributed by atoms with E-state index in [9.17, 15) is 9.59 Å². The van der Waals surface area contributed by atoms with Gasteiger partial charge in [0, 0.05) is 30.7 Å². The highest BCUT2D eigenvalue weighted by Gasteiger charge is 2.16. The normalized spacial score (nSPS) is 11.6. The molecule has 4 nitrogen and oxygen atoms in total. The van der Waals surface area contributed by atoms with E-state index in [2.05, 4.69) is 29.8 Å². The Kier molecular flexibility index (Phi) is 9.22. The van der Waals surface area contributed by atoms with Gasteiger partial charge in [-0.2, -0.15) is 24.4 Å². The third kappa shape index (κ3) is 7.64. The third-order valence-corrected chi connectivity index (χ3v) is 2.99. The number of thioether (sulfide) groups is 1. The first-order valence-corrected chi connectivity index (χ1v) is 6.74. The van der Waals surface area contributed by atoms with Crippen LogP contribution in [0.3, 0.4) is 0 Å². The predicted octanol–water partition coefficient (Wildman–Crippen LogP) is 0.456. The summed E-state index contributed by atoms with van der Waals surface area (Å²) in [6.07, 6.45) is 1.82. The molecule has 0 aliphatic rings. The average Bonchev–Trinajstić information content (AvgIpc) is 2.25. The number of rotatable bonds is 8. The Morgan fingerprint density at radius 1 is 1.56 bits per heavy atom. The van der Waals surface area contributed by atoms with E-state index in [1.807, 2.05) is 6.08 Å². The molecule has 16 heavy (non-hydrogen) atoms. The summed E-state index contributed by atoms with van der Waals surface area (Å²) < 4.78 is 0. The molecule has 0 saturated heterocycles. The highest BCUT2D eigenvalue weighted by Crippen LogP contribution is 1.97. The lowest BCUT2D eigenvalue weighted by Crippen LogP contribution is -2.47. The molecule has 0 aromatic heterocycles. The Hall–Kier alpha value is -0.620. The van der Waals surface area contributed by atoms with E-state index in [4.69, 9.17) is 0 Å². The largest absolute Gasteiger partial charge is 0.353 e. The van der Waals surface area contributed by atoms with Crippen molar-refractivity contribution in [1.29, 1.82) is 0 Å². The molecule has 0 fully saturated rings. The fourth-order valence-corrected chi connectivity index (χ4v) is 1.81. The Labute approximate surface area is 106 Å². The molecule has 0 heterocycles. The SMILES string of the molecule is C=CCSCCNC(=O)C(CS)NC(C)=O. The van der Waals surface area contributed by atoms with Gasteiger partial charge in [0.25, 0.3) is 0 Å². The highest BCUT2D eigenvalue weighted by molar-refractivity contribution is 7.99. The lowest BCUT2D eigenvalue weighted by atomic mass is 10.3. The molecular weight excluding hydrogens is 244 g/mol. The summed E-state index contributed by atoms with van der Waals surface area (Å²) in [7, 11) is 0. The maximum atomic E-state index is 11.5. The van der Waals surface area contributed by atoms with Crippen molar-refractivity contribution >= 4 is 36.2 Å². The molecule has 0 bridgehead atoms. The molecule has 92 valence electrons. The Balaban J connectivity index is 3.75. The maximum Gasteiger partial charge on any atom is 0.243 e.